The molecule has 27 heavy (non-hydrogen) atoms. The highest BCUT2D eigenvalue weighted by Gasteiger charge is 2.15. The smallest absolute Gasteiger partial charge is 0.322 e. The van der Waals surface area contributed by atoms with Gasteiger partial charge < -0.3 is 15.7 Å². The van der Waals surface area contributed by atoms with Crippen LogP contribution in [0.2, 0.25) is 0 Å². The number of anilines is 3. The van der Waals surface area contributed by atoms with E-state index in [4.69, 9.17) is 5.11 Å². The zero-order valence-corrected chi connectivity index (χ0v) is 13.7. The number of aromatic nitrogens is 2. The van der Waals surface area contributed by atoms with E-state index in [1.165, 1.54) is 6.07 Å². The molecule has 0 fully saturated rings. The van der Waals surface area contributed by atoms with Gasteiger partial charge in [-0.2, -0.15) is 4.98 Å². The Morgan fingerprint density at radius 2 is 1.74 bits per heavy atom. The van der Waals surface area contributed by atoms with Crippen LogP contribution in [0, 0.1) is 17.5 Å². The number of aliphatic carboxylic acids is 1. The molecule has 3 rings (SSSR count). The molecule has 138 valence electrons. The summed E-state index contributed by atoms with van der Waals surface area (Å²) in [6, 6.07) is 12.2. The van der Waals surface area contributed by atoms with Gasteiger partial charge in [0.2, 0.25) is 5.95 Å². The van der Waals surface area contributed by atoms with Crippen molar-refractivity contribution in [2.45, 2.75) is 0 Å². The summed E-state index contributed by atoms with van der Waals surface area (Å²) in [5, 5.41) is 13.9. The van der Waals surface area contributed by atoms with Crippen LogP contribution in [0.25, 0.3) is 11.3 Å². The minimum Gasteiger partial charge on any atom is -0.480 e. The van der Waals surface area contributed by atoms with E-state index in [2.05, 4.69) is 20.6 Å². The third-order valence-corrected chi connectivity index (χ3v) is 3.49. The lowest BCUT2D eigenvalue weighted by Gasteiger charge is -2.12. The number of hydrogen-bond donors (Lipinski definition) is 3. The molecule has 0 aliphatic carbocycles. The fourth-order valence-electron chi connectivity index (χ4n) is 2.26. The maximum Gasteiger partial charge on any atom is 0.322 e. The van der Waals surface area contributed by atoms with Gasteiger partial charge in [-0.25, -0.2) is 18.2 Å². The van der Waals surface area contributed by atoms with Crippen molar-refractivity contribution in [1.82, 2.24) is 9.97 Å². The van der Waals surface area contributed by atoms with E-state index in [9.17, 15) is 18.0 Å². The Kier molecular flexibility index (Phi) is 5.20. The summed E-state index contributed by atoms with van der Waals surface area (Å²) in [6.45, 7) is -0.433. The van der Waals surface area contributed by atoms with Crippen LogP contribution in [0.1, 0.15) is 0 Å². The van der Waals surface area contributed by atoms with Crippen LogP contribution in [-0.4, -0.2) is 27.6 Å². The van der Waals surface area contributed by atoms with Crippen molar-refractivity contribution in [3.05, 3.63) is 66.0 Å². The van der Waals surface area contributed by atoms with Crippen LogP contribution < -0.4 is 10.6 Å². The number of nitrogens with zero attached hydrogens (tertiary/aromatic N) is 2. The number of hydrogen-bond acceptors (Lipinski definition) is 5. The average molecular weight is 374 g/mol. The number of carboxylic acid groups (broad SMARTS) is 1. The quantitative estimate of drug-likeness (QED) is 0.569. The van der Waals surface area contributed by atoms with E-state index in [0.717, 1.165) is 12.1 Å². The fraction of sp³-hybridized carbons (Fsp3) is 0.0556. The predicted molar refractivity (Wildman–Crippen MR) is 93.2 cm³/mol. The maximum atomic E-state index is 13.9. The Morgan fingerprint density at radius 3 is 2.44 bits per heavy atom. The summed E-state index contributed by atoms with van der Waals surface area (Å²) in [7, 11) is 0. The lowest BCUT2D eigenvalue weighted by molar-refractivity contribution is -0.134. The second-order valence-electron chi connectivity index (χ2n) is 5.42. The first-order chi connectivity index (χ1) is 12.9. The Labute approximate surface area is 151 Å². The minimum absolute atomic E-state index is 0.0238. The molecule has 9 heteroatoms. The van der Waals surface area contributed by atoms with Crippen molar-refractivity contribution >= 4 is 23.4 Å². The van der Waals surface area contributed by atoms with Crippen LogP contribution in [0.4, 0.5) is 30.6 Å². The van der Waals surface area contributed by atoms with Gasteiger partial charge in [0.1, 0.15) is 12.4 Å². The largest absolute Gasteiger partial charge is 0.480 e. The van der Waals surface area contributed by atoms with E-state index >= 15 is 0 Å². The molecular weight excluding hydrogens is 361 g/mol. The number of benzene rings is 2. The van der Waals surface area contributed by atoms with Gasteiger partial charge in [-0.1, -0.05) is 30.3 Å². The normalized spacial score (nSPS) is 10.5. The summed E-state index contributed by atoms with van der Waals surface area (Å²) in [6.07, 6.45) is 0. The Balaban J connectivity index is 1.99. The lowest BCUT2D eigenvalue weighted by atomic mass is 10.1. The van der Waals surface area contributed by atoms with Crippen LogP contribution >= 0.6 is 0 Å². The van der Waals surface area contributed by atoms with Gasteiger partial charge in [0.05, 0.1) is 11.4 Å². The van der Waals surface area contributed by atoms with Crippen molar-refractivity contribution in [2.24, 2.45) is 0 Å². The first-order valence-corrected chi connectivity index (χ1v) is 7.74. The van der Waals surface area contributed by atoms with Gasteiger partial charge in [0.25, 0.3) is 0 Å². The third-order valence-electron chi connectivity index (χ3n) is 3.49. The second kappa shape index (κ2) is 7.73. The first-order valence-electron chi connectivity index (χ1n) is 7.74. The molecule has 3 N–H and O–H groups in total. The molecule has 0 aliphatic heterocycles. The Bertz CT molecular complexity index is 984. The highest BCUT2D eigenvalue weighted by atomic mass is 19.2. The third kappa shape index (κ3) is 4.32. The zero-order chi connectivity index (χ0) is 19.4. The highest BCUT2D eigenvalue weighted by molar-refractivity contribution is 5.73. The maximum absolute atomic E-state index is 13.9. The molecule has 2 aromatic carbocycles. The summed E-state index contributed by atoms with van der Waals surface area (Å²) < 4.78 is 40.4. The standard InChI is InChI=1S/C18H13F3N4O2/c19-11-6-7-12(17(21)16(11)20)23-14-8-13(10-4-2-1-3-5-10)24-18(25-14)22-9-15(26)27/h1-8H,9H2,(H,26,27)(H2,22,23,24,25). The molecule has 0 atom stereocenters. The minimum atomic E-state index is -1.61. The van der Waals surface area contributed by atoms with E-state index in [-0.39, 0.29) is 17.5 Å². The second-order valence-corrected chi connectivity index (χ2v) is 5.42. The van der Waals surface area contributed by atoms with Crippen molar-refractivity contribution in [3.8, 4) is 11.3 Å². The van der Waals surface area contributed by atoms with Crippen LogP contribution in [0.15, 0.2) is 48.5 Å². The SMILES string of the molecule is O=C(O)CNc1nc(Nc2ccc(F)c(F)c2F)cc(-c2ccccc2)n1. The summed E-state index contributed by atoms with van der Waals surface area (Å²) in [4.78, 5) is 19.0. The monoisotopic (exact) mass is 374 g/mol. The van der Waals surface area contributed by atoms with Gasteiger partial charge in [-0.15, -0.1) is 0 Å². The Morgan fingerprint density at radius 1 is 1.00 bits per heavy atom. The van der Waals surface area contributed by atoms with Crippen LogP contribution in [0.3, 0.4) is 0 Å². The summed E-state index contributed by atoms with van der Waals surface area (Å²) in [5.74, 6) is -5.39. The molecule has 0 saturated heterocycles. The van der Waals surface area contributed by atoms with E-state index in [1.807, 2.05) is 6.07 Å². The van der Waals surface area contributed by atoms with Gasteiger partial charge in [-0.3, -0.25) is 4.79 Å². The molecule has 0 bridgehead atoms. The van der Waals surface area contributed by atoms with Crippen molar-refractivity contribution in [2.75, 3.05) is 17.2 Å². The molecule has 1 aromatic heterocycles. The predicted octanol–water partition coefficient (Wildman–Crippen LogP) is 3.80. The molecular formula is C18H13F3N4O2. The molecule has 0 radical (unpaired) electrons. The van der Waals surface area contributed by atoms with Crippen molar-refractivity contribution in [3.63, 3.8) is 0 Å². The molecule has 0 saturated carbocycles. The number of carboxylic acids is 1. The van der Waals surface area contributed by atoms with E-state index < -0.39 is 30.0 Å². The summed E-state index contributed by atoms with van der Waals surface area (Å²) in [5.41, 5.74) is 0.798. The average Bonchev–Trinajstić information content (AvgIpc) is 2.67. The van der Waals surface area contributed by atoms with Gasteiger partial charge >= 0.3 is 5.97 Å². The first kappa shape index (κ1) is 18.2. The van der Waals surface area contributed by atoms with Gasteiger partial charge in [-0.05, 0) is 12.1 Å². The molecule has 0 aliphatic rings. The Hall–Kier alpha value is -3.62. The lowest BCUT2D eigenvalue weighted by Crippen LogP contribution is -2.15. The van der Waals surface area contributed by atoms with E-state index in [1.54, 1.807) is 24.3 Å². The number of halogens is 3. The number of carbonyl (C=O) groups is 1. The van der Waals surface area contributed by atoms with Crippen molar-refractivity contribution in [1.29, 1.82) is 0 Å². The zero-order valence-electron chi connectivity index (χ0n) is 13.7. The fourth-order valence-corrected chi connectivity index (χ4v) is 2.26. The molecule has 0 unspecified atom stereocenters. The molecule has 0 spiro atoms. The topological polar surface area (TPSA) is 87.1 Å². The van der Waals surface area contributed by atoms with E-state index in [0.29, 0.717) is 11.3 Å². The molecule has 3 aromatic rings. The van der Waals surface area contributed by atoms with Crippen LogP contribution in [-0.2, 0) is 4.79 Å². The van der Waals surface area contributed by atoms with Crippen molar-refractivity contribution < 1.29 is 23.1 Å². The molecule has 6 nitrogen and oxygen atoms in total. The number of rotatable bonds is 6. The highest BCUT2D eigenvalue weighted by Crippen LogP contribution is 2.26. The molecule has 1 heterocycles. The number of nitrogens with one attached hydrogen (secondary N) is 2. The summed E-state index contributed by atoms with van der Waals surface area (Å²) >= 11 is 0. The molecule has 0 amide bonds. The van der Waals surface area contributed by atoms with Crippen LogP contribution in [0.5, 0.6) is 0 Å². The van der Waals surface area contributed by atoms with Gasteiger partial charge in [0, 0.05) is 11.6 Å². The van der Waals surface area contributed by atoms with Gasteiger partial charge in [0.15, 0.2) is 17.5 Å².